The standard InChI is InChI=1S/C12H17BrFNO/c1-2-10(15)8-9-4-3-5-11(13)12(9)16-7-6-14/h3-5,10H,2,6-8,15H2,1H3. The molecular formula is C12H17BrFNO. The number of hydrogen-bond acceptors (Lipinski definition) is 2. The van der Waals surface area contributed by atoms with Gasteiger partial charge in [0.05, 0.1) is 4.47 Å². The van der Waals surface area contributed by atoms with Gasteiger partial charge in [0.15, 0.2) is 0 Å². The summed E-state index contributed by atoms with van der Waals surface area (Å²) in [6.07, 6.45) is 1.66. The molecule has 0 saturated heterocycles. The minimum atomic E-state index is -0.486. The van der Waals surface area contributed by atoms with Gasteiger partial charge >= 0.3 is 0 Å². The average Bonchev–Trinajstić information content (AvgIpc) is 2.28. The van der Waals surface area contributed by atoms with Crippen LogP contribution in [0.5, 0.6) is 5.75 Å². The van der Waals surface area contributed by atoms with Gasteiger partial charge in [-0.25, -0.2) is 4.39 Å². The van der Waals surface area contributed by atoms with Gasteiger partial charge in [-0.3, -0.25) is 0 Å². The van der Waals surface area contributed by atoms with E-state index in [-0.39, 0.29) is 12.6 Å². The summed E-state index contributed by atoms with van der Waals surface area (Å²) >= 11 is 3.40. The molecule has 0 aliphatic carbocycles. The number of ether oxygens (including phenoxy) is 1. The van der Waals surface area contributed by atoms with Gasteiger partial charge in [-0.15, -0.1) is 0 Å². The number of nitrogens with two attached hydrogens (primary N) is 1. The Bertz CT molecular complexity index is 333. The first-order chi connectivity index (χ1) is 7.69. The van der Waals surface area contributed by atoms with Crippen LogP contribution in [0.3, 0.4) is 0 Å². The molecule has 1 rings (SSSR count). The Morgan fingerprint density at radius 2 is 2.25 bits per heavy atom. The van der Waals surface area contributed by atoms with Crippen molar-refractivity contribution in [3.05, 3.63) is 28.2 Å². The zero-order valence-electron chi connectivity index (χ0n) is 9.38. The largest absolute Gasteiger partial charge is 0.489 e. The molecule has 1 atom stereocenters. The predicted molar refractivity (Wildman–Crippen MR) is 67.6 cm³/mol. The van der Waals surface area contributed by atoms with E-state index in [1.165, 1.54) is 0 Å². The second-order valence-electron chi connectivity index (χ2n) is 3.64. The molecule has 0 fully saturated rings. The first-order valence-electron chi connectivity index (χ1n) is 5.40. The fraction of sp³-hybridized carbons (Fsp3) is 0.500. The SMILES string of the molecule is CCC(N)Cc1cccc(Br)c1OCCF. The number of alkyl halides is 1. The fourth-order valence-electron chi connectivity index (χ4n) is 1.44. The summed E-state index contributed by atoms with van der Waals surface area (Å²) < 4.78 is 18.3. The normalized spacial score (nSPS) is 12.5. The summed E-state index contributed by atoms with van der Waals surface area (Å²) in [4.78, 5) is 0. The van der Waals surface area contributed by atoms with E-state index in [2.05, 4.69) is 15.9 Å². The predicted octanol–water partition coefficient (Wildman–Crippen LogP) is 3.08. The molecule has 0 spiro atoms. The highest BCUT2D eigenvalue weighted by atomic mass is 79.9. The molecule has 16 heavy (non-hydrogen) atoms. The lowest BCUT2D eigenvalue weighted by Gasteiger charge is -2.15. The minimum absolute atomic E-state index is 0.0803. The van der Waals surface area contributed by atoms with E-state index in [0.29, 0.717) is 5.75 Å². The smallest absolute Gasteiger partial charge is 0.136 e. The number of benzene rings is 1. The molecule has 90 valence electrons. The first-order valence-corrected chi connectivity index (χ1v) is 6.20. The molecule has 0 bridgehead atoms. The Balaban J connectivity index is 2.84. The Morgan fingerprint density at radius 1 is 1.50 bits per heavy atom. The molecule has 2 N–H and O–H groups in total. The lowest BCUT2D eigenvalue weighted by Crippen LogP contribution is -2.21. The number of para-hydroxylation sites is 1. The van der Waals surface area contributed by atoms with Crippen LogP contribution in [0, 0.1) is 0 Å². The van der Waals surface area contributed by atoms with Gasteiger partial charge in [0.1, 0.15) is 19.0 Å². The Labute approximate surface area is 104 Å². The molecule has 0 saturated carbocycles. The van der Waals surface area contributed by atoms with Crippen molar-refractivity contribution in [1.29, 1.82) is 0 Å². The van der Waals surface area contributed by atoms with Gasteiger partial charge < -0.3 is 10.5 Å². The van der Waals surface area contributed by atoms with Crippen molar-refractivity contribution in [2.24, 2.45) is 5.73 Å². The van der Waals surface area contributed by atoms with Crippen LogP contribution in [-0.2, 0) is 6.42 Å². The summed E-state index contributed by atoms with van der Waals surface area (Å²) in [5.41, 5.74) is 6.93. The van der Waals surface area contributed by atoms with Crippen LogP contribution < -0.4 is 10.5 Å². The quantitative estimate of drug-likeness (QED) is 0.874. The maximum atomic E-state index is 12.1. The summed E-state index contributed by atoms with van der Waals surface area (Å²) in [5.74, 6) is 0.712. The number of halogens is 2. The summed E-state index contributed by atoms with van der Waals surface area (Å²) in [6, 6.07) is 5.90. The Hall–Kier alpha value is -0.610. The highest BCUT2D eigenvalue weighted by molar-refractivity contribution is 9.10. The lowest BCUT2D eigenvalue weighted by molar-refractivity contribution is 0.269. The van der Waals surface area contributed by atoms with Crippen molar-refractivity contribution in [2.45, 2.75) is 25.8 Å². The van der Waals surface area contributed by atoms with E-state index >= 15 is 0 Å². The van der Waals surface area contributed by atoms with E-state index in [1.807, 2.05) is 25.1 Å². The highest BCUT2D eigenvalue weighted by Crippen LogP contribution is 2.30. The monoisotopic (exact) mass is 289 g/mol. The van der Waals surface area contributed by atoms with E-state index < -0.39 is 6.67 Å². The van der Waals surface area contributed by atoms with Gasteiger partial charge in [0.2, 0.25) is 0 Å². The maximum Gasteiger partial charge on any atom is 0.136 e. The topological polar surface area (TPSA) is 35.2 Å². The van der Waals surface area contributed by atoms with Crippen molar-refractivity contribution in [3.8, 4) is 5.75 Å². The molecule has 0 aromatic heterocycles. The van der Waals surface area contributed by atoms with Crippen molar-refractivity contribution >= 4 is 15.9 Å². The molecule has 0 amide bonds. The Morgan fingerprint density at radius 3 is 2.88 bits per heavy atom. The summed E-state index contributed by atoms with van der Waals surface area (Å²) in [7, 11) is 0. The first kappa shape index (κ1) is 13.5. The van der Waals surface area contributed by atoms with Gasteiger partial charge in [-0.1, -0.05) is 19.1 Å². The average molecular weight is 290 g/mol. The molecule has 1 aromatic rings. The molecule has 1 aromatic carbocycles. The fourth-order valence-corrected chi connectivity index (χ4v) is 1.97. The zero-order chi connectivity index (χ0) is 12.0. The van der Waals surface area contributed by atoms with Crippen molar-refractivity contribution in [2.75, 3.05) is 13.3 Å². The third kappa shape index (κ3) is 3.76. The molecule has 0 aliphatic heterocycles. The summed E-state index contributed by atoms with van der Waals surface area (Å²) in [6.45, 7) is 1.64. The second-order valence-corrected chi connectivity index (χ2v) is 4.49. The molecule has 2 nitrogen and oxygen atoms in total. The number of rotatable bonds is 6. The lowest BCUT2D eigenvalue weighted by atomic mass is 10.0. The molecule has 1 unspecified atom stereocenters. The highest BCUT2D eigenvalue weighted by Gasteiger charge is 2.10. The zero-order valence-corrected chi connectivity index (χ0v) is 11.0. The van der Waals surface area contributed by atoms with Crippen LogP contribution >= 0.6 is 15.9 Å². The van der Waals surface area contributed by atoms with Gasteiger partial charge in [-0.2, -0.15) is 0 Å². The molecule has 0 heterocycles. The van der Waals surface area contributed by atoms with Crippen molar-refractivity contribution in [1.82, 2.24) is 0 Å². The van der Waals surface area contributed by atoms with Gasteiger partial charge in [0, 0.05) is 6.04 Å². The van der Waals surface area contributed by atoms with Crippen LogP contribution in [0.25, 0.3) is 0 Å². The van der Waals surface area contributed by atoms with Crippen LogP contribution in [0.1, 0.15) is 18.9 Å². The molecule has 0 radical (unpaired) electrons. The second kappa shape index (κ2) is 6.86. The molecular weight excluding hydrogens is 273 g/mol. The van der Waals surface area contributed by atoms with Crippen LogP contribution in [0.15, 0.2) is 22.7 Å². The van der Waals surface area contributed by atoms with E-state index in [0.717, 1.165) is 22.9 Å². The van der Waals surface area contributed by atoms with E-state index in [4.69, 9.17) is 10.5 Å². The van der Waals surface area contributed by atoms with Gasteiger partial charge in [-0.05, 0) is 40.4 Å². The third-order valence-corrected chi connectivity index (χ3v) is 3.00. The van der Waals surface area contributed by atoms with E-state index in [1.54, 1.807) is 0 Å². The van der Waals surface area contributed by atoms with E-state index in [9.17, 15) is 4.39 Å². The van der Waals surface area contributed by atoms with Crippen molar-refractivity contribution in [3.63, 3.8) is 0 Å². The summed E-state index contributed by atoms with van der Waals surface area (Å²) in [5, 5.41) is 0. The van der Waals surface area contributed by atoms with Crippen molar-refractivity contribution < 1.29 is 9.13 Å². The number of hydrogen-bond donors (Lipinski definition) is 1. The van der Waals surface area contributed by atoms with Crippen LogP contribution in [0.4, 0.5) is 4.39 Å². The minimum Gasteiger partial charge on any atom is -0.489 e. The molecule has 0 aliphatic rings. The van der Waals surface area contributed by atoms with Crippen LogP contribution in [-0.4, -0.2) is 19.3 Å². The van der Waals surface area contributed by atoms with Crippen LogP contribution in [0.2, 0.25) is 0 Å². The third-order valence-electron chi connectivity index (χ3n) is 2.38. The maximum absolute atomic E-state index is 12.1. The molecule has 4 heteroatoms. The van der Waals surface area contributed by atoms with Gasteiger partial charge in [0.25, 0.3) is 0 Å². The Kier molecular flexibility index (Phi) is 5.77.